The Hall–Kier alpha value is -1.16. The first-order valence-corrected chi connectivity index (χ1v) is 7.76. The van der Waals surface area contributed by atoms with E-state index in [1.807, 2.05) is 18.4 Å². The number of benzene rings is 1. The summed E-state index contributed by atoms with van der Waals surface area (Å²) in [6.45, 7) is 0. The van der Waals surface area contributed by atoms with Gasteiger partial charge in [-0.2, -0.15) is 11.8 Å². The normalized spacial score (nSPS) is 18.2. The fourth-order valence-electron chi connectivity index (χ4n) is 2.45. The zero-order chi connectivity index (χ0) is 13.0. The first-order chi connectivity index (χ1) is 8.70. The van der Waals surface area contributed by atoms with E-state index in [0.717, 1.165) is 30.7 Å². The number of thioether (sulfide) groups is 1. The molecule has 3 N–H and O–H groups in total. The van der Waals surface area contributed by atoms with E-state index in [9.17, 15) is 4.79 Å². The van der Waals surface area contributed by atoms with Crippen molar-refractivity contribution in [3.05, 3.63) is 29.3 Å². The van der Waals surface area contributed by atoms with Crippen molar-refractivity contribution >= 4 is 23.4 Å². The molecule has 1 amide bonds. The highest BCUT2D eigenvalue weighted by Gasteiger charge is 2.21. The monoisotopic (exact) mass is 264 g/mol. The first kappa shape index (κ1) is 13.3. The van der Waals surface area contributed by atoms with Crippen LogP contribution in [0.15, 0.2) is 18.2 Å². The molecule has 0 aromatic heterocycles. The summed E-state index contributed by atoms with van der Waals surface area (Å²) >= 11 is 1.70. The maximum absolute atomic E-state index is 11.8. The van der Waals surface area contributed by atoms with Crippen LogP contribution in [-0.4, -0.2) is 17.9 Å². The molecule has 0 radical (unpaired) electrons. The minimum absolute atomic E-state index is 0.152. The fraction of sp³-hybridized carbons (Fsp3) is 0.500. The molecule has 98 valence electrons. The molecule has 0 bridgehead atoms. The summed E-state index contributed by atoms with van der Waals surface area (Å²) in [5.74, 6) is 1.03. The molecule has 1 atom stereocenters. The zero-order valence-corrected chi connectivity index (χ0v) is 11.6. The lowest BCUT2D eigenvalue weighted by Gasteiger charge is -2.26. The molecular formula is C14H20N2OS. The maximum atomic E-state index is 11.8. The minimum atomic E-state index is 0.152. The standard InChI is InChI=1S/C14H20N2OS/c1-18-8-7-14(17)16-13-4-2-3-10-9-11(15)5-6-12(10)13/h5-6,9,13H,2-4,7-8,15H2,1H3,(H,16,17). The van der Waals surface area contributed by atoms with E-state index >= 15 is 0 Å². The number of anilines is 1. The Balaban J connectivity index is 2.06. The van der Waals surface area contributed by atoms with Gasteiger partial charge in [-0.1, -0.05) is 6.07 Å². The summed E-state index contributed by atoms with van der Waals surface area (Å²) in [6.07, 6.45) is 5.83. The van der Waals surface area contributed by atoms with E-state index in [1.54, 1.807) is 11.8 Å². The summed E-state index contributed by atoms with van der Waals surface area (Å²) in [4.78, 5) is 11.8. The smallest absolute Gasteiger partial charge is 0.221 e. The van der Waals surface area contributed by atoms with Crippen LogP contribution in [0.25, 0.3) is 0 Å². The van der Waals surface area contributed by atoms with Crippen molar-refractivity contribution in [2.45, 2.75) is 31.7 Å². The van der Waals surface area contributed by atoms with Gasteiger partial charge >= 0.3 is 0 Å². The van der Waals surface area contributed by atoms with Gasteiger partial charge in [0.1, 0.15) is 0 Å². The highest BCUT2D eigenvalue weighted by atomic mass is 32.2. The van der Waals surface area contributed by atoms with Crippen LogP contribution in [0, 0.1) is 0 Å². The van der Waals surface area contributed by atoms with Crippen LogP contribution in [0.1, 0.15) is 36.4 Å². The van der Waals surface area contributed by atoms with Gasteiger partial charge in [0.15, 0.2) is 0 Å². The maximum Gasteiger partial charge on any atom is 0.221 e. The molecule has 2 rings (SSSR count). The molecule has 0 heterocycles. The highest BCUT2D eigenvalue weighted by molar-refractivity contribution is 7.98. The van der Waals surface area contributed by atoms with E-state index < -0.39 is 0 Å². The van der Waals surface area contributed by atoms with Crippen LogP contribution in [0.2, 0.25) is 0 Å². The van der Waals surface area contributed by atoms with Crippen LogP contribution in [0.5, 0.6) is 0 Å². The van der Waals surface area contributed by atoms with Gasteiger partial charge in [0.2, 0.25) is 5.91 Å². The van der Waals surface area contributed by atoms with Crippen LogP contribution in [0.4, 0.5) is 5.69 Å². The number of hydrogen-bond acceptors (Lipinski definition) is 3. The molecule has 0 spiro atoms. The molecule has 1 aromatic rings. The number of nitrogen functional groups attached to an aromatic ring is 1. The molecule has 4 heteroatoms. The Morgan fingerprint density at radius 3 is 3.17 bits per heavy atom. The number of nitrogens with one attached hydrogen (secondary N) is 1. The van der Waals surface area contributed by atoms with Crippen LogP contribution in [-0.2, 0) is 11.2 Å². The molecule has 1 aliphatic carbocycles. The quantitative estimate of drug-likeness (QED) is 0.822. The Morgan fingerprint density at radius 2 is 2.39 bits per heavy atom. The van der Waals surface area contributed by atoms with Crippen molar-refractivity contribution in [3.63, 3.8) is 0 Å². The molecule has 1 unspecified atom stereocenters. The summed E-state index contributed by atoms with van der Waals surface area (Å²) in [5.41, 5.74) is 9.14. The predicted octanol–water partition coefficient (Wildman–Crippen LogP) is 2.52. The molecule has 3 nitrogen and oxygen atoms in total. The molecule has 0 saturated heterocycles. The first-order valence-electron chi connectivity index (χ1n) is 6.37. The number of fused-ring (bicyclic) bond motifs is 1. The number of nitrogens with two attached hydrogens (primary N) is 1. The molecule has 1 aromatic carbocycles. The lowest BCUT2D eigenvalue weighted by molar-refractivity contribution is -0.121. The van der Waals surface area contributed by atoms with Gasteiger partial charge in [-0.05, 0) is 48.8 Å². The van der Waals surface area contributed by atoms with Crippen molar-refractivity contribution in [2.75, 3.05) is 17.7 Å². The van der Waals surface area contributed by atoms with Crippen molar-refractivity contribution in [1.29, 1.82) is 0 Å². The van der Waals surface area contributed by atoms with Crippen molar-refractivity contribution in [3.8, 4) is 0 Å². The molecule has 0 saturated carbocycles. The Bertz CT molecular complexity index is 434. The molecule has 18 heavy (non-hydrogen) atoms. The number of rotatable bonds is 4. The third kappa shape index (κ3) is 3.19. The number of hydrogen-bond donors (Lipinski definition) is 2. The second-order valence-electron chi connectivity index (χ2n) is 4.71. The van der Waals surface area contributed by atoms with E-state index in [0.29, 0.717) is 6.42 Å². The van der Waals surface area contributed by atoms with Crippen molar-refractivity contribution in [2.24, 2.45) is 0 Å². The number of carbonyl (C=O) groups excluding carboxylic acids is 1. The van der Waals surface area contributed by atoms with Gasteiger partial charge in [-0.15, -0.1) is 0 Å². The van der Waals surface area contributed by atoms with Crippen molar-refractivity contribution < 1.29 is 4.79 Å². The Labute approximate surface area is 113 Å². The fourth-order valence-corrected chi connectivity index (χ4v) is 2.83. The van der Waals surface area contributed by atoms with Crippen molar-refractivity contribution in [1.82, 2.24) is 5.32 Å². The third-order valence-electron chi connectivity index (χ3n) is 3.35. The van der Waals surface area contributed by atoms with Gasteiger partial charge in [-0.25, -0.2) is 0 Å². The molecule has 0 fully saturated rings. The van der Waals surface area contributed by atoms with Crippen LogP contribution < -0.4 is 11.1 Å². The number of amides is 1. The highest BCUT2D eigenvalue weighted by Crippen LogP contribution is 2.30. The van der Waals surface area contributed by atoms with E-state index in [2.05, 4.69) is 11.4 Å². The summed E-state index contributed by atoms with van der Waals surface area (Å²) in [7, 11) is 0. The SMILES string of the molecule is CSCCC(=O)NC1CCCc2cc(N)ccc21. The Kier molecular flexibility index (Phi) is 4.53. The second-order valence-corrected chi connectivity index (χ2v) is 5.70. The van der Waals surface area contributed by atoms with E-state index in [-0.39, 0.29) is 11.9 Å². The molecule has 1 aliphatic rings. The lowest BCUT2D eigenvalue weighted by atomic mass is 9.87. The summed E-state index contributed by atoms with van der Waals surface area (Å²) in [5, 5.41) is 3.14. The van der Waals surface area contributed by atoms with Gasteiger partial charge in [0.05, 0.1) is 6.04 Å². The average Bonchev–Trinajstić information content (AvgIpc) is 2.36. The van der Waals surface area contributed by atoms with Gasteiger partial charge in [0, 0.05) is 17.9 Å². The molecule has 0 aliphatic heterocycles. The van der Waals surface area contributed by atoms with E-state index in [1.165, 1.54) is 11.1 Å². The van der Waals surface area contributed by atoms with Gasteiger partial charge < -0.3 is 11.1 Å². The predicted molar refractivity (Wildman–Crippen MR) is 77.7 cm³/mol. The zero-order valence-electron chi connectivity index (χ0n) is 10.7. The molecular weight excluding hydrogens is 244 g/mol. The lowest BCUT2D eigenvalue weighted by Crippen LogP contribution is -2.31. The van der Waals surface area contributed by atoms with E-state index in [4.69, 9.17) is 5.73 Å². The summed E-state index contributed by atoms with van der Waals surface area (Å²) in [6, 6.07) is 6.19. The number of carbonyl (C=O) groups is 1. The second kappa shape index (κ2) is 6.14. The van der Waals surface area contributed by atoms with Crippen LogP contribution in [0.3, 0.4) is 0 Å². The Morgan fingerprint density at radius 1 is 1.56 bits per heavy atom. The topological polar surface area (TPSA) is 55.1 Å². The minimum Gasteiger partial charge on any atom is -0.399 e. The van der Waals surface area contributed by atoms with Crippen LogP contribution >= 0.6 is 11.8 Å². The van der Waals surface area contributed by atoms with Gasteiger partial charge in [0.25, 0.3) is 0 Å². The number of aryl methyl sites for hydroxylation is 1. The average molecular weight is 264 g/mol. The van der Waals surface area contributed by atoms with Gasteiger partial charge in [-0.3, -0.25) is 4.79 Å². The summed E-state index contributed by atoms with van der Waals surface area (Å²) < 4.78 is 0. The third-order valence-corrected chi connectivity index (χ3v) is 3.96. The largest absolute Gasteiger partial charge is 0.399 e.